The van der Waals surface area contributed by atoms with Crippen LogP contribution in [0.3, 0.4) is 0 Å². The van der Waals surface area contributed by atoms with Gasteiger partial charge in [-0.2, -0.15) is 0 Å². The number of carbonyl (C=O) groups excluding carboxylic acids is 1. The van der Waals surface area contributed by atoms with Crippen LogP contribution in [-0.4, -0.2) is 32.1 Å². The van der Waals surface area contributed by atoms with Crippen LogP contribution in [0.15, 0.2) is 47.5 Å². The summed E-state index contributed by atoms with van der Waals surface area (Å²) in [5.74, 6) is 1.98. The van der Waals surface area contributed by atoms with Gasteiger partial charge in [0, 0.05) is 55.4 Å². The van der Waals surface area contributed by atoms with Gasteiger partial charge in [-0.15, -0.1) is 0 Å². The molecule has 7 heteroatoms. The molecule has 0 aliphatic heterocycles. The zero-order valence-corrected chi connectivity index (χ0v) is 13.1. The van der Waals surface area contributed by atoms with E-state index < -0.39 is 0 Å². The van der Waals surface area contributed by atoms with Gasteiger partial charge in [-0.05, 0) is 25.0 Å². The van der Waals surface area contributed by atoms with E-state index in [9.17, 15) is 4.79 Å². The van der Waals surface area contributed by atoms with E-state index in [2.05, 4.69) is 25.0 Å². The Morgan fingerprint density at radius 1 is 1.38 bits per heavy atom. The highest BCUT2D eigenvalue weighted by molar-refractivity contribution is 5.93. The van der Waals surface area contributed by atoms with Crippen molar-refractivity contribution in [2.24, 2.45) is 0 Å². The fraction of sp³-hybridized carbons (Fsp3) is 0.294. The standard InChI is InChI=1S/C17H17N5O2/c23-17(14-10-15(24-21-14)13-2-1-5-18-11-13)20-7-9-22-8-6-19-16(22)12-3-4-12/h1-2,5-6,8,10-12H,3-4,7,9H2,(H,20,23). The first-order valence-corrected chi connectivity index (χ1v) is 7.97. The Morgan fingerprint density at radius 3 is 3.08 bits per heavy atom. The SMILES string of the molecule is O=C(NCCn1ccnc1C1CC1)c1cc(-c2cccnc2)on1. The molecule has 3 heterocycles. The van der Waals surface area contributed by atoms with Crippen molar-refractivity contribution in [3.63, 3.8) is 0 Å². The molecule has 7 nitrogen and oxygen atoms in total. The van der Waals surface area contributed by atoms with Crippen molar-refractivity contribution in [3.8, 4) is 11.3 Å². The van der Waals surface area contributed by atoms with Gasteiger partial charge in [-0.25, -0.2) is 4.98 Å². The first kappa shape index (κ1) is 14.6. The third-order valence-electron chi connectivity index (χ3n) is 4.02. The highest BCUT2D eigenvalue weighted by atomic mass is 16.5. The maximum atomic E-state index is 12.2. The molecule has 1 fully saturated rings. The number of aromatic nitrogens is 4. The van der Waals surface area contributed by atoms with Crippen molar-refractivity contribution in [1.82, 2.24) is 25.0 Å². The molecule has 0 radical (unpaired) electrons. The highest BCUT2D eigenvalue weighted by Gasteiger charge is 2.27. The molecule has 1 aliphatic rings. The molecule has 0 unspecified atom stereocenters. The van der Waals surface area contributed by atoms with E-state index in [1.54, 1.807) is 24.5 Å². The molecule has 1 saturated carbocycles. The Kier molecular flexibility index (Phi) is 3.82. The number of hydrogen-bond acceptors (Lipinski definition) is 5. The summed E-state index contributed by atoms with van der Waals surface area (Å²) in [4.78, 5) is 20.6. The predicted octanol–water partition coefficient (Wildman–Crippen LogP) is 2.24. The molecule has 0 spiro atoms. The van der Waals surface area contributed by atoms with Crippen LogP contribution >= 0.6 is 0 Å². The summed E-state index contributed by atoms with van der Waals surface area (Å²) >= 11 is 0. The van der Waals surface area contributed by atoms with Crippen LogP contribution in [-0.2, 0) is 6.54 Å². The van der Waals surface area contributed by atoms with Gasteiger partial charge < -0.3 is 14.4 Å². The molecule has 3 aromatic heterocycles. The van der Waals surface area contributed by atoms with E-state index in [1.807, 2.05) is 18.5 Å². The molecule has 24 heavy (non-hydrogen) atoms. The van der Waals surface area contributed by atoms with Gasteiger partial charge in [0.25, 0.3) is 5.91 Å². The number of amides is 1. The Hall–Kier alpha value is -2.96. The van der Waals surface area contributed by atoms with Gasteiger partial charge in [-0.1, -0.05) is 5.16 Å². The van der Waals surface area contributed by atoms with Crippen LogP contribution in [0, 0.1) is 0 Å². The summed E-state index contributed by atoms with van der Waals surface area (Å²) < 4.78 is 7.32. The summed E-state index contributed by atoms with van der Waals surface area (Å²) in [6.45, 7) is 1.22. The summed E-state index contributed by atoms with van der Waals surface area (Å²) in [6.07, 6.45) is 9.53. The molecule has 1 amide bonds. The molecule has 122 valence electrons. The number of imidazole rings is 1. The second kappa shape index (κ2) is 6.27. The first-order chi connectivity index (χ1) is 11.8. The monoisotopic (exact) mass is 323 g/mol. The second-order valence-corrected chi connectivity index (χ2v) is 5.83. The topological polar surface area (TPSA) is 85.8 Å². The zero-order chi connectivity index (χ0) is 16.4. The van der Waals surface area contributed by atoms with Crippen LogP contribution in [0.5, 0.6) is 0 Å². The lowest BCUT2D eigenvalue weighted by Gasteiger charge is -2.07. The zero-order valence-electron chi connectivity index (χ0n) is 13.1. The van der Waals surface area contributed by atoms with Crippen molar-refractivity contribution in [1.29, 1.82) is 0 Å². The summed E-state index contributed by atoms with van der Waals surface area (Å²) in [7, 11) is 0. The molecular formula is C17H17N5O2. The number of carbonyl (C=O) groups is 1. The molecule has 1 N–H and O–H groups in total. The Labute approximate surface area is 138 Å². The molecule has 0 atom stereocenters. The largest absolute Gasteiger partial charge is 0.355 e. The van der Waals surface area contributed by atoms with Gasteiger partial charge in [0.05, 0.1) is 0 Å². The van der Waals surface area contributed by atoms with E-state index in [1.165, 1.54) is 12.8 Å². The predicted molar refractivity (Wildman–Crippen MR) is 86.3 cm³/mol. The maximum Gasteiger partial charge on any atom is 0.273 e. The molecule has 4 rings (SSSR count). The van der Waals surface area contributed by atoms with Crippen molar-refractivity contribution in [2.75, 3.05) is 6.54 Å². The van der Waals surface area contributed by atoms with Crippen LogP contribution in [0.2, 0.25) is 0 Å². The van der Waals surface area contributed by atoms with Gasteiger partial charge in [0.2, 0.25) is 0 Å². The van der Waals surface area contributed by atoms with Gasteiger partial charge >= 0.3 is 0 Å². The van der Waals surface area contributed by atoms with Crippen molar-refractivity contribution in [2.45, 2.75) is 25.3 Å². The maximum absolute atomic E-state index is 12.2. The van der Waals surface area contributed by atoms with Crippen molar-refractivity contribution < 1.29 is 9.32 Å². The van der Waals surface area contributed by atoms with Crippen LogP contribution in [0.1, 0.15) is 35.1 Å². The van der Waals surface area contributed by atoms with Gasteiger partial charge in [0.15, 0.2) is 11.5 Å². The number of hydrogen-bond donors (Lipinski definition) is 1. The second-order valence-electron chi connectivity index (χ2n) is 5.83. The Bertz CT molecular complexity index is 836. The lowest BCUT2D eigenvalue weighted by Crippen LogP contribution is -2.27. The average molecular weight is 323 g/mol. The van der Waals surface area contributed by atoms with E-state index >= 15 is 0 Å². The number of nitrogens with zero attached hydrogens (tertiary/aromatic N) is 4. The fourth-order valence-electron chi connectivity index (χ4n) is 2.62. The van der Waals surface area contributed by atoms with Crippen LogP contribution < -0.4 is 5.32 Å². The third kappa shape index (κ3) is 3.05. The minimum Gasteiger partial charge on any atom is -0.355 e. The fourth-order valence-corrected chi connectivity index (χ4v) is 2.62. The molecule has 1 aliphatic carbocycles. The lowest BCUT2D eigenvalue weighted by atomic mass is 10.2. The van der Waals surface area contributed by atoms with Crippen LogP contribution in [0.4, 0.5) is 0 Å². The Morgan fingerprint density at radius 2 is 2.29 bits per heavy atom. The summed E-state index contributed by atoms with van der Waals surface area (Å²) in [5, 5.41) is 6.69. The number of pyridine rings is 1. The molecule has 0 aromatic carbocycles. The number of nitrogens with one attached hydrogen (secondary N) is 1. The average Bonchev–Trinajstić information content (AvgIpc) is 3.15. The van der Waals surface area contributed by atoms with E-state index in [4.69, 9.17) is 4.52 Å². The van der Waals surface area contributed by atoms with Gasteiger partial charge in [-0.3, -0.25) is 9.78 Å². The Balaban J connectivity index is 1.35. The molecule has 0 bridgehead atoms. The lowest BCUT2D eigenvalue weighted by molar-refractivity contribution is 0.0943. The van der Waals surface area contributed by atoms with E-state index in [0.717, 1.165) is 11.4 Å². The van der Waals surface area contributed by atoms with Gasteiger partial charge in [0.1, 0.15) is 5.82 Å². The molecule has 0 saturated heterocycles. The minimum atomic E-state index is -0.248. The summed E-state index contributed by atoms with van der Waals surface area (Å²) in [5.41, 5.74) is 1.05. The van der Waals surface area contributed by atoms with Crippen molar-refractivity contribution in [3.05, 3.63) is 54.5 Å². The highest BCUT2D eigenvalue weighted by Crippen LogP contribution is 2.38. The molecular weight excluding hydrogens is 306 g/mol. The van der Waals surface area contributed by atoms with E-state index in [-0.39, 0.29) is 11.6 Å². The van der Waals surface area contributed by atoms with Crippen LogP contribution in [0.25, 0.3) is 11.3 Å². The molecule has 3 aromatic rings. The normalized spacial score (nSPS) is 13.8. The minimum absolute atomic E-state index is 0.248. The quantitative estimate of drug-likeness (QED) is 0.752. The van der Waals surface area contributed by atoms with Crippen molar-refractivity contribution >= 4 is 5.91 Å². The third-order valence-corrected chi connectivity index (χ3v) is 4.02. The smallest absolute Gasteiger partial charge is 0.273 e. The summed E-state index contributed by atoms with van der Waals surface area (Å²) in [6, 6.07) is 5.28. The number of rotatable bonds is 6. The van der Waals surface area contributed by atoms with E-state index in [0.29, 0.717) is 24.8 Å². The first-order valence-electron chi connectivity index (χ1n) is 7.97.